The maximum absolute atomic E-state index is 13.6. The smallest absolute Gasteiger partial charge is 0.339 e. The zero-order valence-corrected chi connectivity index (χ0v) is 28.0. The van der Waals surface area contributed by atoms with Crippen molar-refractivity contribution in [2.45, 2.75) is 43.0 Å². The number of esters is 1. The second kappa shape index (κ2) is 11.3. The van der Waals surface area contributed by atoms with Crippen LogP contribution >= 0.6 is 31.9 Å². The van der Waals surface area contributed by atoms with E-state index in [9.17, 15) is 19.2 Å². The molecule has 0 spiro atoms. The number of pyridine rings is 1. The highest BCUT2D eigenvalue weighted by atomic mass is 79.9. The number of nitrogens with zero attached hydrogens (tertiary/aromatic N) is 2. The molecule has 4 aromatic rings. The Bertz CT molecular complexity index is 1860. The number of imide groups is 1. The maximum atomic E-state index is 13.6. The number of hydrogen-bond acceptors (Lipinski definition) is 6. The van der Waals surface area contributed by atoms with Gasteiger partial charge in [0, 0.05) is 26.2 Å². The predicted molar refractivity (Wildman–Crippen MR) is 179 cm³/mol. The minimum atomic E-state index is -0.985. The van der Waals surface area contributed by atoms with E-state index in [0.717, 1.165) is 17.5 Å². The van der Waals surface area contributed by atoms with Crippen LogP contribution in [0.1, 0.15) is 45.2 Å². The molecular weight excluding hydrogens is 700 g/mol. The van der Waals surface area contributed by atoms with Crippen molar-refractivity contribution in [2.75, 3.05) is 4.90 Å². The zero-order chi connectivity index (χ0) is 31.7. The monoisotopic (exact) mass is 728 g/mol. The molecule has 2 amide bonds. The number of carbonyl (C=O) groups excluding carboxylic acids is 4. The van der Waals surface area contributed by atoms with Gasteiger partial charge in [0.15, 0.2) is 6.10 Å². The number of aromatic nitrogens is 1. The summed E-state index contributed by atoms with van der Waals surface area (Å²) in [5.41, 5.74) is 5.10. The van der Waals surface area contributed by atoms with Gasteiger partial charge in [-0.3, -0.25) is 19.3 Å². The molecule has 7 rings (SSSR count). The number of anilines is 1. The van der Waals surface area contributed by atoms with Gasteiger partial charge in [-0.05, 0) is 62.8 Å². The van der Waals surface area contributed by atoms with Crippen molar-refractivity contribution in [1.82, 2.24) is 4.98 Å². The molecule has 7 unspecified atom stereocenters. The van der Waals surface area contributed by atoms with E-state index in [4.69, 9.17) is 9.72 Å². The third-order valence-corrected chi connectivity index (χ3v) is 12.9. The summed E-state index contributed by atoms with van der Waals surface area (Å²) in [4.78, 5) is 60.2. The second-order valence-corrected chi connectivity index (χ2v) is 14.5. The fourth-order valence-corrected chi connectivity index (χ4v) is 9.20. The molecule has 2 heterocycles. The van der Waals surface area contributed by atoms with E-state index < -0.39 is 12.1 Å². The van der Waals surface area contributed by atoms with Crippen LogP contribution in [0.4, 0.5) is 5.69 Å². The number of ether oxygens (including phenoxy) is 1. The van der Waals surface area contributed by atoms with Crippen molar-refractivity contribution in [3.63, 3.8) is 0 Å². The average Bonchev–Trinajstić information content (AvgIpc) is 3.65. The van der Waals surface area contributed by atoms with Crippen molar-refractivity contribution in [3.05, 3.63) is 95.1 Å². The summed E-state index contributed by atoms with van der Waals surface area (Å²) in [5.74, 6) is -1.47. The van der Waals surface area contributed by atoms with Crippen LogP contribution in [0, 0.1) is 37.5 Å². The number of aryl methyl sites for hydroxylation is 2. The molecule has 3 fully saturated rings. The molecule has 1 saturated heterocycles. The first-order valence-electron chi connectivity index (χ1n) is 15.0. The number of alkyl halides is 2. The van der Waals surface area contributed by atoms with E-state index in [2.05, 4.69) is 31.9 Å². The number of para-hydroxylation sites is 1. The summed E-state index contributed by atoms with van der Waals surface area (Å²) >= 11 is 7.48. The lowest BCUT2D eigenvalue weighted by atomic mass is 9.81. The molecule has 0 radical (unpaired) electrons. The van der Waals surface area contributed by atoms with E-state index in [0.29, 0.717) is 39.0 Å². The standard InChI is InChI=1S/C36H30Br2N2O5/c1-17-7-9-21(10-8-17)33(41)19(3)45-36(44)24-16-27(39-32-18(2)5-4-6-23(24)32)20-11-13-22(14-12-20)40-34(42)28-25-15-26(29(28)35(40)43)31(38)30(25)37/h4-14,16,19,25-26,28-31H,15H2,1-3H3. The highest BCUT2D eigenvalue weighted by Gasteiger charge is 2.66. The summed E-state index contributed by atoms with van der Waals surface area (Å²) in [6, 6.07) is 21.5. The third kappa shape index (κ3) is 4.86. The molecule has 3 aliphatic rings. The fourth-order valence-electron chi connectivity index (χ4n) is 7.32. The van der Waals surface area contributed by atoms with Crippen LogP contribution in [-0.4, -0.2) is 44.3 Å². The van der Waals surface area contributed by atoms with Gasteiger partial charge in [0.2, 0.25) is 17.6 Å². The van der Waals surface area contributed by atoms with Crippen LogP contribution in [0.3, 0.4) is 0 Å². The van der Waals surface area contributed by atoms with E-state index in [1.165, 1.54) is 4.90 Å². The van der Waals surface area contributed by atoms with Crippen LogP contribution in [-0.2, 0) is 14.3 Å². The van der Waals surface area contributed by atoms with Gasteiger partial charge in [0.25, 0.3) is 0 Å². The molecule has 1 aromatic heterocycles. The SMILES string of the molecule is Cc1ccc(C(=O)C(C)OC(=O)c2cc(-c3ccc(N4C(=O)C5C6CC(C(Br)C6Br)C5C4=O)cc3)nc3c(C)cccc23)cc1. The highest BCUT2D eigenvalue weighted by molar-refractivity contribution is 9.12. The molecule has 3 aromatic carbocycles. The number of ketones is 1. The molecular formula is C36H30Br2N2O5. The van der Waals surface area contributed by atoms with Gasteiger partial charge in [-0.25, -0.2) is 9.78 Å². The number of benzene rings is 3. The fraction of sp³-hybridized carbons (Fsp3) is 0.306. The normalized spacial score (nSPS) is 25.9. The maximum Gasteiger partial charge on any atom is 0.339 e. The number of hydrogen-bond donors (Lipinski definition) is 0. The lowest BCUT2D eigenvalue weighted by molar-refractivity contribution is -0.123. The van der Waals surface area contributed by atoms with Crippen LogP contribution < -0.4 is 4.90 Å². The lowest BCUT2D eigenvalue weighted by Gasteiger charge is -2.28. The number of carbonyl (C=O) groups is 4. The van der Waals surface area contributed by atoms with Crippen molar-refractivity contribution in [1.29, 1.82) is 0 Å². The number of halogens is 2. The minimum absolute atomic E-state index is 0.132. The first-order chi connectivity index (χ1) is 21.5. The average molecular weight is 730 g/mol. The number of rotatable bonds is 6. The van der Waals surface area contributed by atoms with Gasteiger partial charge >= 0.3 is 5.97 Å². The Labute approximate surface area is 277 Å². The molecule has 1 aliphatic heterocycles. The molecule has 2 bridgehead atoms. The van der Waals surface area contributed by atoms with E-state index in [-0.39, 0.29) is 50.9 Å². The molecule has 0 N–H and O–H groups in total. The van der Waals surface area contributed by atoms with E-state index in [1.54, 1.807) is 37.3 Å². The molecule has 2 aliphatic carbocycles. The van der Waals surface area contributed by atoms with Crippen LogP contribution in [0.2, 0.25) is 0 Å². The Balaban J connectivity index is 1.18. The van der Waals surface area contributed by atoms with Crippen LogP contribution in [0.5, 0.6) is 0 Å². The molecule has 9 heteroatoms. The van der Waals surface area contributed by atoms with Gasteiger partial charge in [-0.2, -0.15) is 0 Å². The molecule has 228 valence electrons. The lowest BCUT2D eigenvalue weighted by Crippen LogP contribution is -2.37. The highest BCUT2D eigenvalue weighted by Crippen LogP contribution is 2.60. The van der Waals surface area contributed by atoms with E-state index in [1.807, 2.05) is 56.3 Å². The van der Waals surface area contributed by atoms with Gasteiger partial charge in [-0.15, -0.1) is 0 Å². The first kappa shape index (κ1) is 30.0. The van der Waals surface area contributed by atoms with E-state index >= 15 is 0 Å². The quantitative estimate of drug-likeness (QED) is 0.0900. The number of amides is 2. The van der Waals surface area contributed by atoms with Gasteiger partial charge in [0.05, 0.1) is 34.3 Å². The van der Waals surface area contributed by atoms with Crippen LogP contribution in [0.15, 0.2) is 72.8 Å². The summed E-state index contributed by atoms with van der Waals surface area (Å²) in [6.45, 7) is 5.44. The summed E-state index contributed by atoms with van der Waals surface area (Å²) in [7, 11) is 0. The Morgan fingerprint density at radius 1 is 0.889 bits per heavy atom. The molecule has 7 atom stereocenters. The summed E-state index contributed by atoms with van der Waals surface area (Å²) < 4.78 is 5.70. The first-order valence-corrected chi connectivity index (χ1v) is 16.9. The van der Waals surface area contributed by atoms with Gasteiger partial charge in [-0.1, -0.05) is 92.0 Å². The van der Waals surface area contributed by atoms with Gasteiger partial charge in [0.1, 0.15) is 0 Å². The van der Waals surface area contributed by atoms with Crippen LogP contribution in [0.25, 0.3) is 22.2 Å². The Kier molecular flexibility index (Phi) is 7.52. The number of fused-ring (bicyclic) bond motifs is 6. The van der Waals surface area contributed by atoms with Gasteiger partial charge < -0.3 is 4.74 Å². The Morgan fingerprint density at radius 2 is 1.51 bits per heavy atom. The second-order valence-electron chi connectivity index (χ2n) is 12.4. The summed E-state index contributed by atoms with van der Waals surface area (Å²) in [6.07, 6.45) is -0.108. The van der Waals surface area contributed by atoms with Crippen molar-refractivity contribution < 1.29 is 23.9 Å². The predicted octanol–water partition coefficient (Wildman–Crippen LogP) is 7.23. The molecule has 2 saturated carbocycles. The third-order valence-electron chi connectivity index (χ3n) is 9.66. The largest absolute Gasteiger partial charge is 0.451 e. The van der Waals surface area contributed by atoms with Crippen molar-refractivity contribution >= 4 is 72.0 Å². The summed E-state index contributed by atoms with van der Waals surface area (Å²) in [5, 5.41) is 0.625. The van der Waals surface area contributed by atoms with Crippen molar-refractivity contribution in [2.24, 2.45) is 23.7 Å². The van der Waals surface area contributed by atoms with Crippen molar-refractivity contribution in [3.8, 4) is 11.3 Å². The Morgan fingerprint density at radius 3 is 2.13 bits per heavy atom. The molecule has 45 heavy (non-hydrogen) atoms. The topological polar surface area (TPSA) is 93.6 Å². The molecule has 7 nitrogen and oxygen atoms in total. The Hall–Kier alpha value is -3.69. The number of Topliss-reactive ketones (excluding diaryl/α,β-unsaturated/α-hetero) is 1. The zero-order valence-electron chi connectivity index (χ0n) is 24.9. The minimum Gasteiger partial charge on any atom is -0.451 e.